The first-order valence-corrected chi connectivity index (χ1v) is 13.3. The molecule has 38 heavy (non-hydrogen) atoms. The Labute approximate surface area is 222 Å². The van der Waals surface area contributed by atoms with Crippen LogP contribution in [0.2, 0.25) is 0 Å². The molecule has 4 aromatic rings. The monoisotopic (exact) mass is 508 g/mol. The zero-order valence-electron chi connectivity index (χ0n) is 21.7. The number of pyridine rings is 1. The van der Waals surface area contributed by atoms with Crippen LogP contribution in [0.15, 0.2) is 67.3 Å². The highest BCUT2D eigenvalue weighted by Gasteiger charge is 2.25. The van der Waals surface area contributed by atoms with E-state index in [4.69, 9.17) is 19.7 Å². The van der Waals surface area contributed by atoms with Crippen molar-refractivity contribution in [3.8, 4) is 17.3 Å². The third kappa shape index (κ3) is 4.67. The Morgan fingerprint density at radius 2 is 1.79 bits per heavy atom. The first-order valence-electron chi connectivity index (χ1n) is 13.3. The number of carbonyl (C=O) groups is 1. The van der Waals surface area contributed by atoms with Crippen molar-refractivity contribution in [1.29, 1.82) is 0 Å². The number of likely N-dealkylation sites (N-methyl/N-ethyl adjacent to an activating group) is 1. The number of anilines is 1. The van der Waals surface area contributed by atoms with E-state index >= 15 is 0 Å². The summed E-state index contributed by atoms with van der Waals surface area (Å²) in [6.45, 7) is 7.82. The average molecular weight is 509 g/mol. The van der Waals surface area contributed by atoms with Crippen LogP contribution in [0.5, 0.6) is 6.01 Å². The number of amides is 1. The molecule has 0 N–H and O–H groups in total. The van der Waals surface area contributed by atoms with Crippen LogP contribution in [-0.2, 0) is 4.79 Å². The lowest BCUT2D eigenvalue weighted by molar-refractivity contribution is -0.126. The molecule has 1 amide bonds. The van der Waals surface area contributed by atoms with Crippen LogP contribution >= 0.6 is 0 Å². The maximum atomic E-state index is 12.1. The van der Waals surface area contributed by atoms with Gasteiger partial charge in [-0.15, -0.1) is 0 Å². The van der Waals surface area contributed by atoms with E-state index in [9.17, 15) is 4.79 Å². The summed E-state index contributed by atoms with van der Waals surface area (Å²) in [5, 5.41) is 3.20. The SMILES string of the molecule is C=CC(=O)N1CCN(c2nc(OC[C@@H]3CCCN3C)nc3nc(-c4cccc5ccccc45)ccc23)CC1. The highest BCUT2D eigenvalue weighted by Crippen LogP contribution is 2.32. The van der Waals surface area contributed by atoms with Gasteiger partial charge in [0.25, 0.3) is 0 Å². The molecular formula is C30H32N6O2. The Morgan fingerprint density at radius 3 is 2.58 bits per heavy atom. The molecule has 0 bridgehead atoms. The van der Waals surface area contributed by atoms with Gasteiger partial charge >= 0.3 is 6.01 Å². The number of nitrogens with zero attached hydrogens (tertiary/aromatic N) is 6. The van der Waals surface area contributed by atoms with Crippen molar-refractivity contribution in [1.82, 2.24) is 24.8 Å². The second kappa shape index (κ2) is 10.4. The van der Waals surface area contributed by atoms with E-state index in [1.165, 1.54) is 17.9 Å². The standard InChI is InChI=1S/C30H32N6O2/c1-3-27(37)35-16-18-36(19-17-35)29-25-13-14-26(24-12-6-9-21-8-4-5-11-23(21)24)31-28(25)32-30(33-29)38-20-22-10-7-15-34(22)2/h3-6,8-9,11-14,22H,1,7,10,15-20H2,2H3/t22-/m0/s1. The highest BCUT2D eigenvalue weighted by molar-refractivity contribution is 5.97. The van der Waals surface area contributed by atoms with Gasteiger partial charge in [0.1, 0.15) is 12.4 Å². The molecule has 6 rings (SSSR count). The summed E-state index contributed by atoms with van der Waals surface area (Å²) in [6.07, 6.45) is 3.66. The predicted octanol–water partition coefficient (Wildman–Crippen LogP) is 4.15. The van der Waals surface area contributed by atoms with Gasteiger partial charge in [0.15, 0.2) is 5.65 Å². The summed E-state index contributed by atoms with van der Waals surface area (Å²) < 4.78 is 6.18. The number of hydrogen-bond acceptors (Lipinski definition) is 7. The van der Waals surface area contributed by atoms with Gasteiger partial charge in [-0.05, 0) is 55.4 Å². The first-order chi connectivity index (χ1) is 18.6. The molecule has 2 aliphatic heterocycles. The van der Waals surface area contributed by atoms with Crippen LogP contribution < -0.4 is 9.64 Å². The summed E-state index contributed by atoms with van der Waals surface area (Å²) in [6, 6.07) is 19.4. The normalized spacial score (nSPS) is 18.3. The first kappa shape index (κ1) is 24.3. The van der Waals surface area contributed by atoms with E-state index in [1.54, 1.807) is 0 Å². The van der Waals surface area contributed by atoms with E-state index in [1.807, 2.05) is 17.0 Å². The molecule has 194 valence electrons. The van der Waals surface area contributed by atoms with Crippen molar-refractivity contribution in [2.24, 2.45) is 0 Å². The minimum atomic E-state index is -0.0386. The van der Waals surface area contributed by atoms with Crippen molar-refractivity contribution in [3.63, 3.8) is 0 Å². The molecule has 4 heterocycles. The Morgan fingerprint density at radius 1 is 0.974 bits per heavy atom. The third-order valence-electron chi connectivity index (χ3n) is 7.73. The molecule has 8 heteroatoms. The fourth-order valence-corrected chi connectivity index (χ4v) is 5.51. The van der Waals surface area contributed by atoms with Gasteiger partial charge in [0.2, 0.25) is 5.91 Å². The van der Waals surface area contributed by atoms with E-state index in [2.05, 4.69) is 65.9 Å². The van der Waals surface area contributed by atoms with Crippen molar-refractivity contribution in [2.45, 2.75) is 18.9 Å². The second-order valence-corrected chi connectivity index (χ2v) is 10.0. The Kier molecular flexibility index (Phi) is 6.64. The molecular weight excluding hydrogens is 476 g/mol. The summed E-state index contributed by atoms with van der Waals surface area (Å²) >= 11 is 0. The molecule has 2 saturated heterocycles. The molecule has 2 fully saturated rings. The van der Waals surface area contributed by atoms with Gasteiger partial charge in [0.05, 0.1) is 11.1 Å². The van der Waals surface area contributed by atoms with Gasteiger partial charge in [-0.2, -0.15) is 9.97 Å². The summed E-state index contributed by atoms with van der Waals surface area (Å²) in [4.78, 5) is 33.1. The molecule has 0 spiro atoms. The number of carbonyl (C=O) groups excluding carboxylic acids is 1. The fraction of sp³-hybridized carbons (Fsp3) is 0.333. The number of fused-ring (bicyclic) bond motifs is 2. The van der Waals surface area contributed by atoms with E-state index in [-0.39, 0.29) is 5.91 Å². The van der Waals surface area contributed by atoms with Crippen LogP contribution in [0.1, 0.15) is 12.8 Å². The minimum absolute atomic E-state index is 0.0386. The van der Waals surface area contributed by atoms with Gasteiger partial charge in [-0.3, -0.25) is 4.79 Å². The Hall–Kier alpha value is -4.04. The van der Waals surface area contributed by atoms with Crippen LogP contribution in [0.3, 0.4) is 0 Å². The number of rotatable bonds is 6. The minimum Gasteiger partial charge on any atom is -0.462 e. The summed E-state index contributed by atoms with van der Waals surface area (Å²) in [5.41, 5.74) is 2.54. The lowest BCUT2D eigenvalue weighted by Gasteiger charge is -2.35. The lowest BCUT2D eigenvalue weighted by Crippen LogP contribution is -2.48. The second-order valence-electron chi connectivity index (χ2n) is 10.0. The number of benzene rings is 2. The van der Waals surface area contributed by atoms with Gasteiger partial charge in [-0.25, -0.2) is 4.98 Å². The third-order valence-corrected chi connectivity index (χ3v) is 7.73. The van der Waals surface area contributed by atoms with Crippen molar-refractivity contribution >= 4 is 33.5 Å². The van der Waals surface area contributed by atoms with Crippen LogP contribution in [0.25, 0.3) is 33.1 Å². The molecule has 0 aliphatic carbocycles. The molecule has 1 atom stereocenters. The molecule has 0 unspecified atom stereocenters. The maximum absolute atomic E-state index is 12.1. The van der Waals surface area contributed by atoms with Crippen LogP contribution in [-0.4, -0.2) is 83.1 Å². The molecule has 0 radical (unpaired) electrons. The van der Waals surface area contributed by atoms with E-state index in [0.717, 1.165) is 40.8 Å². The Bertz CT molecular complexity index is 1490. The number of ether oxygens (including phenoxy) is 1. The number of likely N-dealkylation sites (tertiary alicyclic amines) is 1. The smallest absolute Gasteiger partial charge is 0.320 e. The number of piperazine rings is 1. The predicted molar refractivity (Wildman–Crippen MR) is 150 cm³/mol. The fourth-order valence-electron chi connectivity index (χ4n) is 5.51. The van der Waals surface area contributed by atoms with Gasteiger partial charge < -0.3 is 19.4 Å². The summed E-state index contributed by atoms with van der Waals surface area (Å²) in [7, 11) is 2.13. The lowest BCUT2D eigenvalue weighted by atomic mass is 10.0. The van der Waals surface area contributed by atoms with Crippen LogP contribution in [0.4, 0.5) is 5.82 Å². The quantitative estimate of drug-likeness (QED) is 0.362. The van der Waals surface area contributed by atoms with Crippen molar-refractivity contribution in [3.05, 3.63) is 67.3 Å². The number of hydrogen-bond donors (Lipinski definition) is 0. The topological polar surface area (TPSA) is 74.7 Å². The van der Waals surface area contributed by atoms with E-state index < -0.39 is 0 Å². The number of aromatic nitrogens is 3. The molecule has 0 saturated carbocycles. The zero-order chi connectivity index (χ0) is 26.1. The molecule has 2 aliphatic rings. The van der Waals surface area contributed by atoms with E-state index in [0.29, 0.717) is 50.5 Å². The van der Waals surface area contributed by atoms with Gasteiger partial charge in [0, 0.05) is 37.8 Å². The molecule has 2 aromatic heterocycles. The maximum Gasteiger partial charge on any atom is 0.320 e. The van der Waals surface area contributed by atoms with Crippen LogP contribution in [0, 0.1) is 0 Å². The molecule has 2 aromatic carbocycles. The van der Waals surface area contributed by atoms with Gasteiger partial charge in [-0.1, -0.05) is 49.0 Å². The van der Waals surface area contributed by atoms with Crippen molar-refractivity contribution < 1.29 is 9.53 Å². The average Bonchev–Trinajstić information content (AvgIpc) is 3.39. The molecule has 8 nitrogen and oxygen atoms in total. The largest absolute Gasteiger partial charge is 0.462 e. The Balaban J connectivity index is 1.38. The van der Waals surface area contributed by atoms with Crippen molar-refractivity contribution in [2.75, 3.05) is 51.3 Å². The highest BCUT2D eigenvalue weighted by atomic mass is 16.5. The zero-order valence-corrected chi connectivity index (χ0v) is 21.7. The summed E-state index contributed by atoms with van der Waals surface area (Å²) in [5.74, 6) is 0.760.